The molecule has 2 rings (SSSR count). The second-order valence-corrected chi connectivity index (χ2v) is 7.46. The Morgan fingerprint density at radius 1 is 1.17 bits per heavy atom. The maximum Gasteiger partial charge on any atom is 0.321 e. The molecule has 1 aliphatic rings. The molecule has 0 atom stereocenters. The number of Topliss-reactive ketones (excluding diaryl/α,β-unsaturated/α-hetero) is 1. The minimum absolute atomic E-state index is 0.0732. The number of carbonyl (C=O) groups excluding carboxylic acids is 2. The third-order valence-electron chi connectivity index (χ3n) is 4.10. The van der Waals surface area contributed by atoms with Gasteiger partial charge in [-0.15, -0.1) is 0 Å². The van der Waals surface area contributed by atoms with Crippen LogP contribution in [0.5, 0.6) is 5.75 Å². The van der Waals surface area contributed by atoms with Gasteiger partial charge in [0.15, 0.2) is 0 Å². The molecule has 0 spiro atoms. The lowest BCUT2D eigenvalue weighted by Gasteiger charge is -2.32. The molecule has 0 radical (unpaired) electrons. The fourth-order valence-corrected chi connectivity index (χ4v) is 4.33. The number of esters is 1. The lowest BCUT2D eigenvalue weighted by atomic mass is 9.94. The van der Waals surface area contributed by atoms with Crippen molar-refractivity contribution in [2.45, 2.75) is 36.6 Å². The van der Waals surface area contributed by atoms with E-state index in [9.17, 15) is 18.0 Å². The van der Waals surface area contributed by atoms with Gasteiger partial charge in [-0.1, -0.05) is 0 Å². The summed E-state index contributed by atoms with van der Waals surface area (Å²) in [5.41, 5.74) is 0. The summed E-state index contributed by atoms with van der Waals surface area (Å²) in [4.78, 5) is 23.2. The van der Waals surface area contributed by atoms with Crippen LogP contribution in [0.1, 0.15) is 25.7 Å². The molecule has 0 unspecified atom stereocenters. The highest BCUT2D eigenvalue weighted by molar-refractivity contribution is 7.89. The number of hydrogen-bond donors (Lipinski definition) is 0. The normalized spacial score (nSPS) is 16.2. The molecular formula is C16H21NO6S. The first-order valence-corrected chi connectivity index (χ1v) is 9.07. The van der Waals surface area contributed by atoms with Crippen LogP contribution < -0.4 is 4.74 Å². The van der Waals surface area contributed by atoms with Gasteiger partial charge < -0.3 is 9.47 Å². The predicted molar refractivity (Wildman–Crippen MR) is 86.2 cm³/mol. The van der Waals surface area contributed by atoms with Gasteiger partial charge in [0.2, 0.25) is 10.0 Å². The van der Waals surface area contributed by atoms with Crippen LogP contribution in [0, 0.1) is 0 Å². The van der Waals surface area contributed by atoms with Crippen molar-refractivity contribution in [2.24, 2.45) is 0 Å². The van der Waals surface area contributed by atoms with Crippen LogP contribution in [0.3, 0.4) is 0 Å². The van der Waals surface area contributed by atoms with E-state index in [-0.39, 0.29) is 17.2 Å². The van der Waals surface area contributed by atoms with Gasteiger partial charge in [0, 0.05) is 18.9 Å². The Labute approximate surface area is 141 Å². The summed E-state index contributed by atoms with van der Waals surface area (Å²) in [6.45, 7) is -0.371. The number of ether oxygens (including phenoxy) is 2. The molecule has 1 fully saturated rings. The number of methoxy groups -OCH3 is 2. The van der Waals surface area contributed by atoms with Crippen molar-refractivity contribution in [3.8, 4) is 5.75 Å². The van der Waals surface area contributed by atoms with E-state index in [1.54, 1.807) is 12.1 Å². The fourth-order valence-electron chi connectivity index (χ4n) is 2.70. The first-order valence-electron chi connectivity index (χ1n) is 7.63. The van der Waals surface area contributed by atoms with Gasteiger partial charge in [-0.25, -0.2) is 8.42 Å². The summed E-state index contributed by atoms with van der Waals surface area (Å²) in [5, 5.41) is 0. The molecule has 1 aromatic carbocycles. The molecule has 0 aromatic heterocycles. The van der Waals surface area contributed by atoms with Crippen LogP contribution >= 0.6 is 0 Å². The van der Waals surface area contributed by atoms with Crippen LogP contribution in [-0.4, -0.2) is 51.3 Å². The van der Waals surface area contributed by atoms with E-state index in [1.807, 2.05) is 0 Å². The van der Waals surface area contributed by atoms with Crippen LogP contribution in [0.4, 0.5) is 0 Å². The average molecular weight is 355 g/mol. The molecule has 0 heterocycles. The third-order valence-corrected chi connectivity index (χ3v) is 6.01. The lowest BCUT2D eigenvalue weighted by molar-refractivity contribution is -0.141. The van der Waals surface area contributed by atoms with Crippen molar-refractivity contribution in [1.29, 1.82) is 0 Å². The Balaban J connectivity index is 2.32. The van der Waals surface area contributed by atoms with Crippen molar-refractivity contribution >= 4 is 21.8 Å². The maximum atomic E-state index is 13.0. The van der Waals surface area contributed by atoms with Gasteiger partial charge in [-0.2, -0.15) is 4.31 Å². The van der Waals surface area contributed by atoms with Crippen LogP contribution in [-0.2, 0) is 24.3 Å². The highest BCUT2D eigenvalue weighted by atomic mass is 32.2. The molecule has 24 heavy (non-hydrogen) atoms. The molecule has 7 nitrogen and oxygen atoms in total. The summed E-state index contributed by atoms with van der Waals surface area (Å²) in [6.07, 6.45) is 1.46. The van der Waals surface area contributed by atoms with Gasteiger partial charge in [0.25, 0.3) is 0 Å². The van der Waals surface area contributed by atoms with Crippen molar-refractivity contribution < 1.29 is 27.5 Å². The minimum Gasteiger partial charge on any atom is -0.497 e. The first kappa shape index (κ1) is 18.4. The van der Waals surface area contributed by atoms with Crippen LogP contribution in [0.25, 0.3) is 0 Å². The Morgan fingerprint density at radius 3 is 2.25 bits per heavy atom. The number of carbonyl (C=O) groups is 2. The molecule has 0 N–H and O–H groups in total. The van der Waals surface area contributed by atoms with Gasteiger partial charge in [-0.05, 0) is 37.1 Å². The highest BCUT2D eigenvalue weighted by Gasteiger charge is 2.35. The Kier molecular flexibility index (Phi) is 5.95. The Hall–Kier alpha value is -1.93. The summed E-state index contributed by atoms with van der Waals surface area (Å²) in [6, 6.07) is 5.58. The highest BCUT2D eigenvalue weighted by Crippen LogP contribution is 2.27. The zero-order valence-corrected chi connectivity index (χ0v) is 14.5. The zero-order valence-electron chi connectivity index (χ0n) is 13.7. The average Bonchev–Trinajstić information content (AvgIpc) is 2.60. The van der Waals surface area contributed by atoms with Gasteiger partial charge in [0.05, 0.1) is 19.1 Å². The maximum absolute atomic E-state index is 13.0. The SMILES string of the molecule is COC(=O)CN(C1CCC(=O)CC1)S(=O)(=O)c1ccc(OC)cc1. The molecule has 0 aliphatic heterocycles. The molecule has 0 amide bonds. The number of hydrogen-bond acceptors (Lipinski definition) is 6. The van der Waals surface area contributed by atoms with Crippen LogP contribution in [0.15, 0.2) is 29.2 Å². The van der Waals surface area contributed by atoms with Gasteiger partial charge >= 0.3 is 5.97 Å². The molecule has 132 valence electrons. The number of ketones is 1. The zero-order chi connectivity index (χ0) is 17.7. The second-order valence-electron chi connectivity index (χ2n) is 5.57. The molecular weight excluding hydrogens is 334 g/mol. The quantitative estimate of drug-likeness (QED) is 0.716. The molecule has 1 saturated carbocycles. The Bertz CT molecular complexity index is 688. The topological polar surface area (TPSA) is 90.0 Å². The number of nitrogens with zero attached hydrogens (tertiary/aromatic N) is 1. The molecule has 0 saturated heterocycles. The van der Waals surface area contributed by atoms with Crippen molar-refractivity contribution in [3.63, 3.8) is 0 Å². The number of rotatable bonds is 6. The van der Waals surface area contributed by atoms with E-state index in [4.69, 9.17) is 4.74 Å². The summed E-state index contributed by atoms with van der Waals surface area (Å²) in [5.74, 6) is 0.0202. The lowest BCUT2D eigenvalue weighted by Crippen LogP contribution is -2.45. The van der Waals surface area contributed by atoms with E-state index < -0.39 is 22.0 Å². The molecule has 8 heteroatoms. The van der Waals surface area contributed by atoms with E-state index >= 15 is 0 Å². The van der Waals surface area contributed by atoms with E-state index in [2.05, 4.69) is 4.74 Å². The summed E-state index contributed by atoms with van der Waals surface area (Å²) in [7, 11) is -1.18. The van der Waals surface area contributed by atoms with E-state index in [0.717, 1.165) is 4.31 Å². The van der Waals surface area contributed by atoms with Gasteiger partial charge in [0.1, 0.15) is 18.1 Å². The first-order chi connectivity index (χ1) is 11.4. The molecule has 1 aliphatic carbocycles. The number of sulfonamides is 1. The number of benzene rings is 1. The van der Waals surface area contributed by atoms with E-state index in [1.165, 1.54) is 26.4 Å². The van der Waals surface area contributed by atoms with Crippen molar-refractivity contribution in [2.75, 3.05) is 20.8 Å². The summed E-state index contributed by atoms with van der Waals surface area (Å²) >= 11 is 0. The van der Waals surface area contributed by atoms with Crippen LogP contribution in [0.2, 0.25) is 0 Å². The molecule has 1 aromatic rings. The van der Waals surface area contributed by atoms with E-state index in [0.29, 0.717) is 31.4 Å². The second kappa shape index (κ2) is 7.76. The minimum atomic E-state index is -3.88. The van der Waals surface area contributed by atoms with Crippen molar-refractivity contribution in [1.82, 2.24) is 4.31 Å². The predicted octanol–water partition coefficient (Wildman–Crippen LogP) is 1.37. The summed E-state index contributed by atoms with van der Waals surface area (Å²) < 4.78 is 36.7. The largest absolute Gasteiger partial charge is 0.497 e. The monoisotopic (exact) mass is 355 g/mol. The van der Waals surface area contributed by atoms with Crippen molar-refractivity contribution in [3.05, 3.63) is 24.3 Å². The smallest absolute Gasteiger partial charge is 0.321 e. The molecule has 0 bridgehead atoms. The fraction of sp³-hybridized carbons (Fsp3) is 0.500. The Morgan fingerprint density at radius 2 is 1.75 bits per heavy atom. The third kappa shape index (κ3) is 4.12. The standard InChI is InChI=1S/C16H21NO6S/c1-22-14-7-9-15(10-8-14)24(20,21)17(11-16(19)23-2)12-3-5-13(18)6-4-12/h7-10,12H,3-6,11H2,1-2H3. The van der Waals surface area contributed by atoms with Gasteiger partial charge in [-0.3, -0.25) is 9.59 Å².